The lowest BCUT2D eigenvalue weighted by atomic mass is 9.93. The van der Waals surface area contributed by atoms with Crippen LogP contribution in [-0.4, -0.2) is 126 Å². The van der Waals surface area contributed by atoms with E-state index in [-0.39, 0.29) is 37.9 Å². The zero-order valence-electron chi connectivity index (χ0n) is 24.2. The summed E-state index contributed by atoms with van der Waals surface area (Å²) in [4.78, 5) is 43.3. The number of anilines is 3. The first-order chi connectivity index (χ1) is 20.9. The maximum Gasteiger partial charge on any atom is 0.251 e. The number of aliphatic hydroxyl groups is 1. The summed E-state index contributed by atoms with van der Waals surface area (Å²) in [5.41, 5.74) is 1.84. The largest absolute Gasteiger partial charge is 0.384 e. The average Bonchev–Trinajstić information content (AvgIpc) is 2.98. The number of likely N-dealkylation sites (tertiary alicyclic amines) is 1. The monoisotopic (exact) mass is 599 g/mol. The maximum absolute atomic E-state index is 15.2. The number of rotatable bonds is 10. The first-order valence-corrected chi connectivity index (χ1v) is 14.8. The molecule has 6 rings (SSSR count). The molecule has 1 aromatic heterocycles. The molecule has 1 amide bonds. The Labute approximate surface area is 249 Å². The first-order valence-electron chi connectivity index (χ1n) is 14.8. The van der Waals surface area contributed by atoms with Crippen molar-refractivity contribution < 1.29 is 33.3 Å². The molecule has 4 aliphatic rings. The fraction of sp³-hybridized carbons (Fsp3) is 0.621. The van der Waals surface area contributed by atoms with E-state index in [1.807, 2.05) is 18.2 Å². The molecule has 5 atom stereocenters. The number of amides is 1. The average molecular weight is 600 g/mol. The molecule has 14 heteroatoms. The van der Waals surface area contributed by atoms with Crippen LogP contribution in [0.25, 0.3) is 0 Å². The second-order valence-electron chi connectivity index (χ2n) is 11.6. The van der Waals surface area contributed by atoms with Crippen LogP contribution in [0.3, 0.4) is 0 Å². The van der Waals surface area contributed by atoms with E-state index in [1.165, 1.54) is 18.2 Å². The molecule has 2 N–H and O–H groups in total. The molecule has 43 heavy (non-hydrogen) atoms. The van der Waals surface area contributed by atoms with Gasteiger partial charge in [0.25, 0.3) is 5.91 Å². The fourth-order valence-electron chi connectivity index (χ4n) is 6.00. The zero-order valence-corrected chi connectivity index (χ0v) is 24.2. The highest BCUT2D eigenvalue weighted by molar-refractivity contribution is 5.80. The second kappa shape index (κ2) is 12.7. The van der Waals surface area contributed by atoms with Crippen LogP contribution in [-0.2, 0) is 29.6 Å². The highest BCUT2D eigenvalue weighted by atomic mass is 19.1. The van der Waals surface area contributed by atoms with Crippen LogP contribution in [0, 0.1) is 11.8 Å². The predicted molar refractivity (Wildman–Crippen MR) is 152 cm³/mol. The van der Waals surface area contributed by atoms with Gasteiger partial charge in [0.05, 0.1) is 43.8 Å². The topological polar surface area (TPSA) is 142 Å². The Morgan fingerprint density at radius 3 is 2.65 bits per heavy atom. The molecule has 0 spiro atoms. The number of piperidine rings is 1. The Kier molecular flexibility index (Phi) is 8.82. The number of aliphatic hydroxyl groups excluding tert-OH is 1. The van der Waals surface area contributed by atoms with Gasteiger partial charge in [-0.05, 0) is 25.5 Å². The molecule has 4 fully saturated rings. The van der Waals surface area contributed by atoms with Gasteiger partial charge in [-0.3, -0.25) is 9.69 Å². The van der Waals surface area contributed by atoms with Crippen LogP contribution >= 0.6 is 0 Å². The smallest absolute Gasteiger partial charge is 0.251 e. The molecule has 0 saturated carbocycles. The van der Waals surface area contributed by atoms with E-state index in [0.717, 1.165) is 57.3 Å². The van der Waals surface area contributed by atoms with Gasteiger partial charge in [-0.2, -0.15) is 4.98 Å². The summed E-state index contributed by atoms with van der Waals surface area (Å²) in [5, 5.41) is 12.9. The maximum atomic E-state index is 15.2. The number of para-hydroxylation sites is 2. The van der Waals surface area contributed by atoms with Crippen LogP contribution in [0.15, 0.2) is 30.6 Å². The number of halogens is 1. The fourth-order valence-corrected chi connectivity index (χ4v) is 6.00. The van der Waals surface area contributed by atoms with Gasteiger partial charge in [0.15, 0.2) is 5.82 Å². The van der Waals surface area contributed by atoms with E-state index in [0.29, 0.717) is 12.2 Å². The van der Waals surface area contributed by atoms with Crippen molar-refractivity contribution in [1.29, 1.82) is 0 Å². The first kappa shape index (κ1) is 29.8. The van der Waals surface area contributed by atoms with Gasteiger partial charge in [-0.15, -0.1) is 0 Å². The van der Waals surface area contributed by atoms with Gasteiger partial charge in [0, 0.05) is 45.2 Å². The lowest BCUT2D eigenvalue weighted by molar-refractivity contribution is -0.371. The molecule has 0 aliphatic carbocycles. The number of aromatic nitrogens is 3. The van der Waals surface area contributed by atoms with Crippen LogP contribution in [0.2, 0.25) is 0 Å². The molecule has 1 aromatic carbocycles. The highest BCUT2D eigenvalue weighted by Crippen LogP contribution is 2.44. The molecule has 2 unspecified atom stereocenters. The third-order valence-electron chi connectivity index (χ3n) is 8.58. The minimum atomic E-state index is -1.67. The Bertz CT molecular complexity index is 1290. The summed E-state index contributed by atoms with van der Waals surface area (Å²) in [6, 6.07) is 7.93. The molecule has 0 radical (unpaired) electrons. The summed E-state index contributed by atoms with van der Waals surface area (Å²) in [5.74, 6) is -2.03. The number of nitrogens with zero attached hydrogens (tertiary/aromatic N) is 6. The number of hydrogen-bond acceptors (Lipinski definition) is 12. The summed E-state index contributed by atoms with van der Waals surface area (Å²) in [6.45, 7) is 7.85. The van der Waals surface area contributed by atoms with Crippen molar-refractivity contribution in [3.05, 3.63) is 36.4 Å². The van der Waals surface area contributed by atoms with Crippen molar-refractivity contribution in [3.8, 4) is 0 Å². The number of aldehydes is 1. The van der Waals surface area contributed by atoms with Crippen molar-refractivity contribution in [2.24, 2.45) is 11.8 Å². The van der Waals surface area contributed by atoms with E-state index in [2.05, 4.69) is 36.1 Å². The van der Waals surface area contributed by atoms with E-state index < -0.39 is 36.0 Å². The molecule has 4 saturated heterocycles. The van der Waals surface area contributed by atoms with E-state index in [4.69, 9.17) is 14.2 Å². The predicted octanol–water partition coefficient (Wildman–Crippen LogP) is 0.718. The quantitative estimate of drug-likeness (QED) is 0.372. The summed E-state index contributed by atoms with van der Waals surface area (Å²) in [7, 11) is 0. The van der Waals surface area contributed by atoms with E-state index in [1.54, 1.807) is 0 Å². The van der Waals surface area contributed by atoms with Crippen LogP contribution in [0.5, 0.6) is 0 Å². The highest BCUT2D eigenvalue weighted by Gasteiger charge is 2.56. The number of piperazine rings is 1. The molecule has 13 nitrogen and oxygen atoms in total. The number of hydrogen-bond donors (Lipinski definition) is 2. The number of benzene rings is 1. The third-order valence-corrected chi connectivity index (χ3v) is 8.58. The minimum Gasteiger partial charge on any atom is -0.384 e. The van der Waals surface area contributed by atoms with E-state index in [9.17, 15) is 14.7 Å². The lowest BCUT2D eigenvalue weighted by Gasteiger charge is -2.48. The van der Waals surface area contributed by atoms with Gasteiger partial charge in [0.2, 0.25) is 11.7 Å². The molecular weight excluding hydrogens is 561 g/mol. The Morgan fingerprint density at radius 1 is 1.21 bits per heavy atom. The third kappa shape index (κ3) is 6.20. The lowest BCUT2D eigenvalue weighted by Crippen LogP contribution is -2.59. The molecule has 0 bridgehead atoms. The number of carbonyl (C=O) groups is 2. The molecule has 5 heterocycles. The molecule has 2 aromatic rings. The Hall–Kier alpha value is -3.30. The van der Waals surface area contributed by atoms with Gasteiger partial charge in [0.1, 0.15) is 30.8 Å². The Balaban J connectivity index is 1.15. The van der Waals surface area contributed by atoms with Gasteiger partial charge >= 0.3 is 0 Å². The molecular formula is C29H38FN7O6. The van der Waals surface area contributed by atoms with Crippen molar-refractivity contribution in [2.75, 3.05) is 75.9 Å². The summed E-state index contributed by atoms with van der Waals surface area (Å²) >= 11 is 0. The number of carbonyl (C=O) groups excluding carboxylic acids is 2. The van der Waals surface area contributed by atoms with Gasteiger partial charge < -0.3 is 39.2 Å². The minimum absolute atomic E-state index is 0.0640. The standard InChI is InChI=1S/C29H38FN7O6/c1-19(39)26(40)37-7-6-25(22(30)13-37)43-29(21(14-38)17-42-29)27-31-18-32-28(34-27)33-23-4-2-3-5-24(23)36-10-8-35(9-11-36)12-20-15-41-16-20/h2-5,14,18-22,25,39H,6-13,15-17H2,1H3,(H,31,32,33,34)/t19-,21?,22-,25-,29?/m0/s1. The molecule has 232 valence electrons. The second-order valence-corrected chi connectivity index (χ2v) is 11.6. The number of alkyl halides is 1. The van der Waals surface area contributed by atoms with Crippen molar-refractivity contribution >= 4 is 29.5 Å². The summed E-state index contributed by atoms with van der Waals surface area (Å²) < 4.78 is 32.5. The van der Waals surface area contributed by atoms with Crippen LogP contribution in [0.1, 0.15) is 19.2 Å². The number of nitrogens with one attached hydrogen (secondary N) is 1. The van der Waals surface area contributed by atoms with Crippen molar-refractivity contribution in [2.45, 2.75) is 37.5 Å². The Morgan fingerprint density at radius 2 is 2.00 bits per heavy atom. The van der Waals surface area contributed by atoms with Crippen LogP contribution in [0.4, 0.5) is 21.7 Å². The number of ether oxygens (including phenoxy) is 3. The zero-order chi connectivity index (χ0) is 30.0. The van der Waals surface area contributed by atoms with Gasteiger partial charge in [-0.25, -0.2) is 14.4 Å². The molecule has 4 aliphatic heterocycles. The van der Waals surface area contributed by atoms with Gasteiger partial charge in [-0.1, -0.05) is 12.1 Å². The van der Waals surface area contributed by atoms with Crippen LogP contribution < -0.4 is 10.2 Å². The van der Waals surface area contributed by atoms with E-state index >= 15 is 4.39 Å². The van der Waals surface area contributed by atoms with Crippen molar-refractivity contribution in [3.63, 3.8) is 0 Å². The summed E-state index contributed by atoms with van der Waals surface area (Å²) in [6.07, 6.45) is -1.58. The SMILES string of the molecule is C[C@H](O)C(=O)N1CC[C@H](OC2(c3ncnc(Nc4ccccc4N4CCN(CC5COC5)CC4)n3)OCC2C=O)[C@@H](F)C1. The van der Waals surface area contributed by atoms with Crippen molar-refractivity contribution in [1.82, 2.24) is 24.8 Å². The normalized spacial score (nSPS) is 29.0.